The summed E-state index contributed by atoms with van der Waals surface area (Å²) in [5.74, 6) is 0.935. The van der Waals surface area contributed by atoms with Gasteiger partial charge in [-0.05, 0) is 30.0 Å². The van der Waals surface area contributed by atoms with E-state index in [9.17, 15) is 9.59 Å². The monoisotopic (exact) mass is 478 g/mol. The van der Waals surface area contributed by atoms with Crippen molar-refractivity contribution in [2.75, 3.05) is 0 Å². The molecule has 0 saturated heterocycles. The lowest BCUT2D eigenvalue weighted by Crippen LogP contribution is -2.22. The van der Waals surface area contributed by atoms with E-state index in [0.717, 1.165) is 16.0 Å². The van der Waals surface area contributed by atoms with Crippen molar-refractivity contribution in [3.8, 4) is 10.4 Å². The van der Waals surface area contributed by atoms with Gasteiger partial charge in [-0.1, -0.05) is 36.0 Å². The van der Waals surface area contributed by atoms with E-state index in [0.29, 0.717) is 44.4 Å². The first kappa shape index (κ1) is 20.9. The highest BCUT2D eigenvalue weighted by molar-refractivity contribution is 7.98. The number of nitrogens with one attached hydrogen (secondary N) is 1. The zero-order valence-corrected chi connectivity index (χ0v) is 19.6. The summed E-state index contributed by atoms with van der Waals surface area (Å²) in [4.78, 5) is 39.9. The molecule has 4 heterocycles. The molecule has 1 aromatic carbocycles. The van der Waals surface area contributed by atoms with Gasteiger partial charge in [0.25, 0.3) is 11.1 Å². The van der Waals surface area contributed by atoms with Crippen LogP contribution in [-0.2, 0) is 12.3 Å². The van der Waals surface area contributed by atoms with Crippen LogP contribution in [0.25, 0.3) is 31.6 Å². The van der Waals surface area contributed by atoms with Crippen LogP contribution in [0.1, 0.15) is 11.4 Å². The topological polar surface area (TPSA) is 80.6 Å². The number of allylic oxidation sites excluding steroid dienone is 1. The zero-order chi connectivity index (χ0) is 22.2. The molecule has 0 radical (unpaired) electrons. The minimum atomic E-state index is -0.167. The van der Waals surface area contributed by atoms with Crippen molar-refractivity contribution in [1.29, 1.82) is 0 Å². The molecule has 5 rings (SSSR count). The Kier molecular flexibility index (Phi) is 5.54. The summed E-state index contributed by atoms with van der Waals surface area (Å²) >= 11 is 4.45. The molecule has 0 bridgehead atoms. The number of aromatic amines is 1. The molecule has 0 aliphatic carbocycles. The molecule has 0 atom stereocenters. The van der Waals surface area contributed by atoms with Crippen LogP contribution in [-0.4, -0.2) is 19.5 Å². The molecule has 0 saturated carbocycles. The number of rotatable bonds is 6. The zero-order valence-electron chi connectivity index (χ0n) is 17.1. The highest BCUT2D eigenvalue weighted by atomic mass is 32.2. The maximum Gasteiger partial charge on any atom is 0.263 e. The Morgan fingerprint density at radius 1 is 1.19 bits per heavy atom. The Morgan fingerprint density at radius 3 is 2.84 bits per heavy atom. The summed E-state index contributed by atoms with van der Waals surface area (Å²) < 4.78 is 1.63. The van der Waals surface area contributed by atoms with Crippen molar-refractivity contribution in [2.45, 2.75) is 24.4 Å². The molecular formula is C23H18N4O2S3. The van der Waals surface area contributed by atoms with Crippen LogP contribution >= 0.6 is 34.4 Å². The second-order valence-electron chi connectivity index (χ2n) is 7.18. The van der Waals surface area contributed by atoms with Gasteiger partial charge in [0.2, 0.25) is 0 Å². The molecule has 9 heteroatoms. The lowest BCUT2D eigenvalue weighted by atomic mass is 10.1. The van der Waals surface area contributed by atoms with E-state index in [1.807, 2.05) is 41.9 Å². The number of thiophene rings is 2. The second kappa shape index (κ2) is 8.50. The van der Waals surface area contributed by atoms with E-state index in [-0.39, 0.29) is 11.1 Å². The number of hydrogen-bond donors (Lipinski definition) is 1. The van der Waals surface area contributed by atoms with Crippen LogP contribution in [0.5, 0.6) is 0 Å². The highest BCUT2D eigenvalue weighted by Crippen LogP contribution is 2.34. The fourth-order valence-corrected chi connectivity index (χ4v) is 6.25. The van der Waals surface area contributed by atoms with E-state index in [4.69, 9.17) is 4.98 Å². The maximum absolute atomic E-state index is 13.4. The van der Waals surface area contributed by atoms with Gasteiger partial charge in [0.15, 0.2) is 5.16 Å². The molecular weight excluding hydrogens is 460 g/mol. The van der Waals surface area contributed by atoms with Gasteiger partial charge in [-0.25, -0.2) is 9.97 Å². The Morgan fingerprint density at radius 2 is 2.06 bits per heavy atom. The number of para-hydroxylation sites is 1. The van der Waals surface area contributed by atoms with E-state index in [2.05, 4.69) is 16.5 Å². The van der Waals surface area contributed by atoms with Gasteiger partial charge in [0.05, 0.1) is 22.0 Å². The predicted molar refractivity (Wildman–Crippen MR) is 134 cm³/mol. The summed E-state index contributed by atoms with van der Waals surface area (Å²) in [6.07, 6.45) is 1.69. The number of fused-ring (bicyclic) bond motifs is 2. The third kappa shape index (κ3) is 3.62. The van der Waals surface area contributed by atoms with Crippen molar-refractivity contribution in [3.63, 3.8) is 0 Å². The third-order valence-corrected chi connectivity index (χ3v) is 7.85. The Bertz CT molecular complexity index is 1580. The Balaban J connectivity index is 1.56. The minimum Gasteiger partial charge on any atom is -0.309 e. The molecule has 0 aliphatic rings. The molecule has 160 valence electrons. The Hall–Kier alpha value is -3.01. The van der Waals surface area contributed by atoms with E-state index in [1.54, 1.807) is 28.0 Å². The number of aryl methyl sites for hydroxylation is 1. The molecule has 6 nitrogen and oxygen atoms in total. The van der Waals surface area contributed by atoms with Crippen molar-refractivity contribution in [1.82, 2.24) is 19.5 Å². The lowest BCUT2D eigenvalue weighted by Gasteiger charge is -2.11. The number of H-pyrrole nitrogens is 1. The average Bonchev–Trinajstić information content (AvgIpc) is 3.45. The predicted octanol–water partition coefficient (Wildman–Crippen LogP) is 5.21. The second-order valence-corrected chi connectivity index (χ2v) is 9.93. The fourth-order valence-electron chi connectivity index (χ4n) is 3.57. The van der Waals surface area contributed by atoms with E-state index < -0.39 is 0 Å². The van der Waals surface area contributed by atoms with Gasteiger partial charge >= 0.3 is 0 Å². The van der Waals surface area contributed by atoms with Gasteiger partial charge in [-0.3, -0.25) is 14.2 Å². The molecule has 0 amide bonds. The Labute approximate surface area is 195 Å². The largest absolute Gasteiger partial charge is 0.309 e. The van der Waals surface area contributed by atoms with Gasteiger partial charge in [0, 0.05) is 22.4 Å². The number of aromatic nitrogens is 4. The first-order chi connectivity index (χ1) is 15.6. The molecule has 1 N–H and O–H groups in total. The average molecular weight is 479 g/mol. The van der Waals surface area contributed by atoms with Gasteiger partial charge in [-0.2, -0.15) is 0 Å². The van der Waals surface area contributed by atoms with Crippen molar-refractivity contribution in [2.24, 2.45) is 0 Å². The smallest absolute Gasteiger partial charge is 0.263 e. The van der Waals surface area contributed by atoms with Crippen LogP contribution in [0.4, 0.5) is 0 Å². The number of nitrogens with zero attached hydrogens (tertiary/aromatic N) is 3. The van der Waals surface area contributed by atoms with Gasteiger partial charge < -0.3 is 4.98 Å². The summed E-state index contributed by atoms with van der Waals surface area (Å²) in [6.45, 7) is 6.09. The van der Waals surface area contributed by atoms with Crippen LogP contribution < -0.4 is 11.1 Å². The van der Waals surface area contributed by atoms with Gasteiger partial charge in [0.1, 0.15) is 10.7 Å². The summed E-state index contributed by atoms with van der Waals surface area (Å²) in [5, 5.41) is 5.77. The highest BCUT2D eigenvalue weighted by Gasteiger charge is 2.18. The molecule has 32 heavy (non-hydrogen) atoms. The first-order valence-corrected chi connectivity index (χ1v) is 12.6. The standard InChI is InChI=1S/C23H18N4O2S3/c1-3-9-27-22(29)18-15(16-8-5-10-30-16)11-31-21(18)26-23(27)32-12-17-24-19-13(2)6-4-7-14(19)20(28)25-17/h3-8,10-11H,1,9,12H2,2H3,(H,24,25,28). The number of thioether (sulfide) groups is 1. The van der Waals surface area contributed by atoms with Crippen molar-refractivity contribution < 1.29 is 0 Å². The first-order valence-electron chi connectivity index (χ1n) is 9.85. The normalized spacial score (nSPS) is 11.4. The number of benzene rings is 1. The lowest BCUT2D eigenvalue weighted by molar-refractivity contribution is 0.672. The molecule has 0 fully saturated rings. The van der Waals surface area contributed by atoms with Crippen molar-refractivity contribution >= 4 is 55.6 Å². The van der Waals surface area contributed by atoms with Crippen LogP contribution in [0, 0.1) is 6.92 Å². The van der Waals surface area contributed by atoms with E-state index in [1.165, 1.54) is 23.1 Å². The van der Waals surface area contributed by atoms with Crippen molar-refractivity contribution in [3.05, 3.63) is 85.8 Å². The van der Waals surface area contributed by atoms with Gasteiger partial charge in [-0.15, -0.1) is 29.3 Å². The fraction of sp³-hybridized carbons (Fsp3) is 0.130. The quantitative estimate of drug-likeness (QED) is 0.206. The summed E-state index contributed by atoms with van der Waals surface area (Å²) in [7, 11) is 0. The molecule has 0 spiro atoms. The molecule has 4 aromatic heterocycles. The minimum absolute atomic E-state index is 0.0853. The summed E-state index contributed by atoms with van der Waals surface area (Å²) in [5.41, 5.74) is 2.31. The van der Waals surface area contributed by atoms with Crippen LogP contribution in [0.2, 0.25) is 0 Å². The summed E-state index contributed by atoms with van der Waals surface area (Å²) in [6, 6.07) is 9.54. The molecule has 0 aliphatic heterocycles. The maximum atomic E-state index is 13.4. The molecule has 0 unspecified atom stereocenters. The van der Waals surface area contributed by atoms with Crippen LogP contribution in [0.3, 0.4) is 0 Å². The molecule has 5 aromatic rings. The third-order valence-electron chi connectivity index (χ3n) is 5.08. The SMILES string of the molecule is C=CCn1c(SCc2nc3c(C)cccc3c(=O)[nH]2)nc2scc(-c3cccs3)c2c1=O. The number of hydrogen-bond acceptors (Lipinski definition) is 7. The van der Waals surface area contributed by atoms with Crippen LogP contribution in [0.15, 0.2) is 68.5 Å². The van der Waals surface area contributed by atoms with E-state index >= 15 is 0 Å².